The van der Waals surface area contributed by atoms with Gasteiger partial charge in [-0.05, 0) is 32.0 Å². The van der Waals surface area contributed by atoms with Gasteiger partial charge in [-0.25, -0.2) is 4.98 Å². The lowest BCUT2D eigenvalue weighted by Gasteiger charge is -2.09. The summed E-state index contributed by atoms with van der Waals surface area (Å²) in [5, 5.41) is 6.61. The predicted octanol–water partition coefficient (Wildman–Crippen LogP) is 3.87. The number of nitrogens with one attached hydrogen (secondary N) is 1. The second kappa shape index (κ2) is 11.7. The lowest BCUT2D eigenvalue weighted by molar-refractivity contribution is -0.142. The zero-order valence-corrected chi connectivity index (χ0v) is 17.6. The van der Waals surface area contributed by atoms with Crippen LogP contribution in [0, 0.1) is 0 Å². The largest absolute Gasteiger partial charge is 0.491 e. The lowest BCUT2D eigenvalue weighted by Crippen LogP contribution is -2.08. The molecule has 0 aliphatic rings. The second-order valence-corrected chi connectivity index (χ2v) is 7.00. The van der Waals surface area contributed by atoms with Crippen molar-refractivity contribution in [2.24, 2.45) is 5.10 Å². The Bertz CT molecular complexity index is 767. The summed E-state index contributed by atoms with van der Waals surface area (Å²) < 4.78 is 16.9. The lowest BCUT2D eigenvalue weighted by atomic mass is 10.2. The third kappa shape index (κ3) is 7.66. The number of thiazole rings is 1. The number of esters is 1. The fraction of sp³-hybridized carbons (Fsp3) is 0.389. The maximum atomic E-state index is 11.5. The first kappa shape index (κ1) is 21.3. The van der Waals surface area contributed by atoms with Gasteiger partial charge in [0.2, 0.25) is 5.13 Å². The van der Waals surface area contributed by atoms with E-state index in [2.05, 4.69) is 31.4 Å². The number of anilines is 1. The Morgan fingerprint density at radius 2 is 2.19 bits per heavy atom. The Labute approximate surface area is 170 Å². The van der Waals surface area contributed by atoms with Gasteiger partial charge >= 0.3 is 5.97 Å². The van der Waals surface area contributed by atoms with Crippen LogP contribution in [0.3, 0.4) is 0 Å². The third-order valence-corrected chi connectivity index (χ3v) is 4.50. The maximum Gasteiger partial charge on any atom is 0.311 e. The summed E-state index contributed by atoms with van der Waals surface area (Å²) >= 11 is 4.82. The average Bonchev–Trinajstić information content (AvgIpc) is 3.07. The second-order valence-electron chi connectivity index (χ2n) is 5.22. The van der Waals surface area contributed by atoms with E-state index < -0.39 is 0 Å². The number of hydrogen-bond donors (Lipinski definition) is 1. The topological polar surface area (TPSA) is 82.0 Å². The molecule has 0 radical (unpaired) electrons. The minimum Gasteiger partial charge on any atom is -0.491 e. The minimum atomic E-state index is -0.291. The molecule has 0 aliphatic carbocycles. The molecule has 0 spiro atoms. The molecular weight excluding hydrogens is 434 g/mol. The molecule has 27 heavy (non-hydrogen) atoms. The van der Waals surface area contributed by atoms with E-state index in [1.165, 1.54) is 11.3 Å². The number of aromatic nitrogens is 1. The van der Waals surface area contributed by atoms with E-state index in [9.17, 15) is 4.79 Å². The Hall–Kier alpha value is -1.97. The predicted molar refractivity (Wildman–Crippen MR) is 110 cm³/mol. The monoisotopic (exact) mass is 455 g/mol. The van der Waals surface area contributed by atoms with E-state index in [1.54, 1.807) is 18.5 Å². The number of ether oxygens (including phenoxy) is 3. The Morgan fingerprint density at radius 3 is 2.96 bits per heavy atom. The van der Waals surface area contributed by atoms with Gasteiger partial charge in [0.15, 0.2) is 0 Å². The zero-order chi connectivity index (χ0) is 19.5. The molecule has 9 heteroatoms. The number of halogens is 1. The normalized spacial score (nSPS) is 10.9. The molecule has 0 bridgehead atoms. The van der Waals surface area contributed by atoms with Gasteiger partial charge in [-0.15, -0.1) is 11.3 Å². The van der Waals surface area contributed by atoms with Crippen molar-refractivity contribution >= 4 is 44.6 Å². The quantitative estimate of drug-likeness (QED) is 0.239. The Morgan fingerprint density at radius 1 is 1.33 bits per heavy atom. The SMILES string of the molecule is CCOCCOc1ccc(Br)cc1C=NNc1nc(CC(=O)OCC)cs1. The van der Waals surface area contributed by atoms with Gasteiger partial charge in [0.05, 0.1) is 31.5 Å². The van der Waals surface area contributed by atoms with Crippen LogP contribution >= 0.6 is 27.3 Å². The molecule has 0 saturated heterocycles. The van der Waals surface area contributed by atoms with Gasteiger partial charge < -0.3 is 14.2 Å². The van der Waals surface area contributed by atoms with E-state index in [1.807, 2.05) is 25.1 Å². The first-order valence-corrected chi connectivity index (χ1v) is 10.2. The van der Waals surface area contributed by atoms with Crippen LogP contribution in [0.2, 0.25) is 0 Å². The van der Waals surface area contributed by atoms with Gasteiger partial charge in [-0.1, -0.05) is 15.9 Å². The van der Waals surface area contributed by atoms with Gasteiger partial charge in [-0.3, -0.25) is 10.2 Å². The van der Waals surface area contributed by atoms with Gasteiger partial charge in [-0.2, -0.15) is 5.10 Å². The summed E-state index contributed by atoms with van der Waals surface area (Å²) in [7, 11) is 0. The highest BCUT2D eigenvalue weighted by Crippen LogP contribution is 2.22. The molecular formula is C18H22BrN3O4S. The number of hydrazone groups is 1. The molecule has 1 aromatic heterocycles. The van der Waals surface area contributed by atoms with Crippen molar-refractivity contribution in [2.45, 2.75) is 20.3 Å². The highest BCUT2D eigenvalue weighted by Gasteiger charge is 2.08. The van der Waals surface area contributed by atoms with Crippen molar-refractivity contribution in [1.82, 2.24) is 4.98 Å². The highest BCUT2D eigenvalue weighted by molar-refractivity contribution is 9.10. The summed E-state index contributed by atoms with van der Waals surface area (Å²) in [6, 6.07) is 5.69. The van der Waals surface area contributed by atoms with Crippen LogP contribution < -0.4 is 10.2 Å². The molecule has 0 unspecified atom stereocenters. The molecule has 2 rings (SSSR count). The van der Waals surface area contributed by atoms with E-state index in [0.29, 0.717) is 43.0 Å². The molecule has 1 N–H and O–H groups in total. The molecule has 1 aromatic carbocycles. The van der Waals surface area contributed by atoms with Crippen molar-refractivity contribution in [3.8, 4) is 5.75 Å². The number of rotatable bonds is 11. The summed E-state index contributed by atoms with van der Waals surface area (Å²) in [6.45, 7) is 5.74. The fourth-order valence-electron chi connectivity index (χ4n) is 2.06. The Balaban J connectivity index is 1.94. The smallest absolute Gasteiger partial charge is 0.311 e. The van der Waals surface area contributed by atoms with Crippen LogP contribution in [0.1, 0.15) is 25.1 Å². The summed E-state index contributed by atoms with van der Waals surface area (Å²) in [5.41, 5.74) is 4.34. The number of nitrogens with zero attached hydrogens (tertiary/aromatic N) is 2. The van der Waals surface area contributed by atoms with E-state index in [-0.39, 0.29) is 12.4 Å². The van der Waals surface area contributed by atoms with Crippen molar-refractivity contribution in [1.29, 1.82) is 0 Å². The molecule has 0 atom stereocenters. The number of carbonyl (C=O) groups excluding carboxylic acids is 1. The van der Waals surface area contributed by atoms with Crippen LogP contribution in [-0.2, 0) is 20.7 Å². The van der Waals surface area contributed by atoms with Crippen molar-refractivity contribution < 1.29 is 19.0 Å². The van der Waals surface area contributed by atoms with Gasteiger partial charge in [0.25, 0.3) is 0 Å². The van der Waals surface area contributed by atoms with Crippen LogP contribution in [0.4, 0.5) is 5.13 Å². The standard InChI is InChI=1S/C18H22BrN3O4S/c1-3-24-7-8-26-16-6-5-14(19)9-13(16)11-20-22-18-21-15(12-27-18)10-17(23)25-4-2/h5-6,9,11-12H,3-4,7-8,10H2,1-2H3,(H,21,22). The van der Waals surface area contributed by atoms with Crippen LogP contribution in [0.15, 0.2) is 33.2 Å². The van der Waals surface area contributed by atoms with Gasteiger partial charge in [0.1, 0.15) is 12.4 Å². The summed E-state index contributed by atoms with van der Waals surface area (Å²) in [4.78, 5) is 15.8. The minimum absolute atomic E-state index is 0.152. The third-order valence-electron chi connectivity index (χ3n) is 3.21. The molecule has 0 fully saturated rings. The summed E-state index contributed by atoms with van der Waals surface area (Å²) in [6.07, 6.45) is 1.81. The van der Waals surface area contributed by atoms with E-state index in [0.717, 1.165) is 10.0 Å². The molecule has 0 amide bonds. The number of hydrogen-bond acceptors (Lipinski definition) is 8. The highest BCUT2D eigenvalue weighted by atomic mass is 79.9. The average molecular weight is 456 g/mol. The maximum absolute atomic E-state index is 11.5. The molecule has 7 nitrogen and oxygen atoms in total. The molecule has 2 aromatic rings. The molecule has 0 saturated carbocycles. The van der Waals surface area contributed by atoms with Crippen LogP contribution in [0.25, 0.3) is 0 Å². The van der Waals surface area contributed by atoms with Crippen molar-refractivity contribution in [3.63, 3.8) is 0 Å². The number of benzene rings is 1. The van der Waals surface area contributed by atoms with E-state index >= 15 is 0 Å². The first-order chi connectivity index (χ1) is 13.1. The van der Waals surface area contributed by atoms with Gasteiger partial charge in [0, 0.05) is 22.0 Å². The van der Waals surface area contributed by atoms with Crippen LogP contribution in [0.5, 0.6) is 5.75 Å². The molecule has 0 aliphatic heterocycles. The van der Waals surface area contributed by atoms with Crippen molar-refractivity contribution in [2.75, 3.05) is 31.9 Å². The van der Waals surface area contributed by atoms with Crippen molar-refractivity contribution in [3.05, 3.63) is 39.3 Å². The van der Waals surface area contributed by atoms with E-state index in [4.69, 9.17) is 14.2 Å². The zero-order valence-electron chi connectivity index (χ0n) is 15.2. The first-order valence-electron chi connectivity index (χ1n) is 8.51. The van der Waals surface area contributed by atoms with Crippen LogP contribution in [-0.4, -0.2) is 43.6 Å². The number of carbonyl (C=O) groups is 1. The summed E-state index contributed by atoms with van der Waals surface area (Å²) in [5.74, 6) is 0.423. The Kier molecular flexibility index (Phi) is 9.23. The fourth-order valence-corrected chi connectivity index (χ4v) is 3.10. The molecule has 146 valence electrons. The molecule has 1 heterocycles.